The maximum Gasteiger partial charge on any atom is 0.322 e. The number of carbonyl (C=O) groups excluding carboxylic acids is 1. The van der Waals surface area contributed by atoms with Gasteiger partial charge < -0.3 is 4.42 Å². The molecule has 0 fully saturated rings. The summed E-state index contributed by atoms with van der Waals surface area (Å²) in [5.74, 6) is -1.30. The van der Waals surface area contributed by atoms with E-state index >= 15 is 0 Å². The van der Waals surface area contributed by atoms with Crippen molar-refractivity contribution in [2.24, 2.45) is 0 Å². The lowest BCUT2D eigenvalue weighted by atomic mass is 10.4. The first kappa shape index (κ1) is 18.7. The molecule has 0 aliphatic rings. The fourth-order valence-electron chi connectivity index (χ4n) is 1.97. The van der Waals surface area contributed by atoms with E-state index in [2.05, 4.69) is 31.4 Å². The monoisotopic (exact) mass is 459 g/mol. The Morgan fingerprint density at radius 3 is 2.58 bits per heavy atom. The van der Waals surface area contributed by atoms with Gasteiger partial charge in [-0.2, -0.15) is 0 Å². The van der Waals surface area contributed by atoms with Crippen molar-refractivity contribution in [1.82, 2.24) is 10.2 Å². The molecule has 1 N–H and O–H groups in total. The SMILES string of the molecule is O=C(CCS(=O)(=O)c1ccc(F)cc1)Nc1nnc(-c2ccc(Br)s2)o1. The van der Waals surface area contributed by atoms with Crippen LogP contribution in [-0.4, -0.2) is 30.3 Å². The molecule has 2 aromatic heterocycles. The fraction of sp³-hybridized carbons (Fsp3) is 0.133. The molecule has 0 saturated carbocycles. The summed E-state index contributed by atoms with van der Waals surface area (Å²) in [6.45, 7) is 0. The third-order valence-corrected chi connectivity index (χ3v) is 6.57. The van der Waals surface area contributed by atoms with Crippen molar-refractivity contribution in [3.63, 3.8) is 0 Å². The van der Waals surface area contributed by atoms with Gasteiger partial charge in [-0.05, 0) is 52.3 Å². The van der Waals surface area contributed by atoms with E-state index in [-0.39, 0.29) is 23.2 Å². The lowest BCUT2D eigenvalue weighted by Gasteiger charge is -2.04. The van der Waals surface area contributed by atoms with Crippen LogP contribution in [0.3, 0.4) is 0 Å². The summed E-state index contributed by atoms with van der Waals surface area (Å²) >= 11 is 4.71. The van der Waals surface area contributed by atoms with Gasteiger partial charge in [0, 0.05) is 6.42 Å². The first-order chi connectivity index (χ1) is 12.3. The Labute approximate surface area is 160 Å². The highest BCUT2D eigenvalue weighted by Crippen LogP contribution is 2.30. The number of hydrogen-bond acceptors (Lipinski definition) is 7. The van der Waals surface area contributed by atoms with Gasteiger partial charge in [-0.15, -0.1) is 16.4 Å². The molecule has 26 heavy (non-hydrogen) atoms. The van der Waals surface area contributed by atoms with Gasteiger partial charge in [-0.1, -0.05) is 5.10 Å². The quantitative estimate of drug-likeness (QED) is 0.565. The summed E-state index contributed by atoms with van der Waals surface area (Å²) in [6, 6.07) is 7.91. The maximum absolute atomic E-state index is 12.9. The third kappa shape index (κ3) is 4.54. The molecule has 0 atom stereocenters. The smallest absolute Gasteiger partial charge is 0.322 e. The number of amides is 1. The zero-order valence-corrected chi connectivity index (χ0v) is 16.2. The van der Waals surface area contributed by atoms with Crippen LogP contribution in [-0.2, 0) is 14.6 Å². The maximum atomic E-state index is 12.9. The number of hydrogen-bond donors (Lipinski definition) is 1. The molecule has 0 spiro atoms. The van der Waals surface area contributed by atoms with Gasteiger partial charge in [0.1, 0.15) is 5.82 Å². The third-order valence-electron chi connectivity index (χ3n) is 3.23. The minimum atomic E-state index is -3.70. The van der Waals surface area contributed by atoms with Gasteiger partial charge in [0.2, 0.25) is 5.91 Å². The summed E-state index contributed by atoms with van der Waals surface area (Å²) in [4.78, 5) is 12.6. The first-order valence-electron chi connectivity index (χ1n) is 7.21. The zero-order valence-electron chi connectivity index (χ0n) is 13.0. The molecule has 3 aromatic rings. The van der Waals surface area contributed by atoms with E-state index in [0.717, 1.165) is 32.9 Å². The molecule has 3 rings (SSSR count). The minimum absolute atomic E-state index is 0.0463. The topological polar surface area (TPSA) is 102 Å². The number of nitrogens with one attached hydrogen (secondary N) is 1. The lowest BCUT2D eigenvalue weighted by Crippen LogP contribution is -2.17. The number of carbonyl (C=O) groups is 1. The Morgan fingerprint density at radius 2 is 1.92 bits per heavy atom. The van der Waals surface area contributed by atoms with Gasteiger partial charge in [0.15, 0.2) is 9.84 Å². The van der Waals surface area contributed by atoms with Gasteiger partial charge in [-0.25, -0.2) is 12.8 Å². The highest BCUT2D eigenvalue weighted by Gasteiger charge is 2.18. The van der Waals surface area contributed by atoms with Crippen molar-refractivity contribution < 1.29 is 22.0 Å². The summed E-state index contributed by atoms with van der Waals surface area (Å²) in [7, 11) is -3.70. The highest BCUT2D eigenvalue weighted by molar-refractivity contribution is 9.11. The summed E-state index contributed by atoms with van der Waals surface area (Å²) in [5, 5.41) is 9.89. The van der Waals surface area contributed by atoms with Crippen LogP contribution in [0.4, 0.5) is 10.4 Å². The van der Waals surface area contributed by atoms with E-state index in [1.807, 2.05) is 6.07 Å². The Hall–Kier alpha value is -2.11. The van der Waals surface area contributed by atoms with Crippen molar-refractivity contribution in [1.29, 1.82) is 0 Å². The first-order valence-corrected chi connectivity index (χ1v) is 10.5. The second-order valence-electron chi connectivity index (χ2n) is 5.09. The largest absolute Gasteiger partial charge is 0.402 e. The summed E-state index contributed by atoms with van der Waals surface area (Å²) in [5.41, 5.74) is 0. The standard InChI is InChI=1S/C15H11BrFN3O4S2/c16-12-6-5-11(25-12)14-19-20-15(24-14)18-13(21)7-8-26(22,23)10-3-1-9(17)2-4-10/h1-6H,7-8H2,(H,18,20,21). The second-order valence-corrected chi connectivity index (χ2v) is 9.66. The summed E-state index contributed by atoms with van der Waals surface area (Å²) in [6.07, 6.45) is -0.304. The van der Waals surface area contributed by atoms with Crippen LogP contribution in [0.5, 0.6) is 0 Å². The molecule has 11 heteroatoms. The predicted octanol–water partition coefficient (Wildman–Crippen LogP) is 3.50. The molecule has 1 aromatic carbocycles. The molecule has 0 radical (unpaired) electrons. The summed E-state index contributed by atoms with van der Waals surface area (Å²) < 4.78 is 43.4. The highest BCUT2D eigenvalue weighted by atomic mass is 79.9. The fourth-order valence-corrected chi connectivity index (χ4v) is 4.52. The van der Waals surface area contributed by atoms with E-state index in [1.165, 1.54) is 11.3 Å². The number of thiophene rings is 1. The number of halogens is 2. The van der Waals surface area contributed by atoms with Gasteiger partial charge >= 0.3 is 6.01 Å². The second kappa shape index (κ2) is 7.64. The Balaban J connectivity index is 1.59. The lowest BCUT2D eigenvalue weighted by molar-refractivity contribution is -0.115. The van der Waals surface area contributed by atoms with E-state index in [1.54, 1.807) is 6.07 Å². The van der Waals surface area contributed by atoms with Crippen molar-refractivity contribution in [3.05, 3.63) is 46.0 Å². The average Bonchev–Trinajstić information content (AvgIpc) is 3.22. The number of benzene rings is 1. The van der Waals surface area contributed by atoms with Crippen LogP contribution >= 0.6 is 27.3 Å². The van der Waals surface area contributed by atoms with Crippen LogP contribution in [0.25, 0.3) is 10.8 Å². The van der Waals surface area contributed by atoms with E-state index < -0.39 is 27.3 Å². The van der Waals surface area contributed by atoms with Crippen LogP contribution in [0, 0.1) is 5.82 Å². The Morgan fingerprint density at radius 1 is 1.19 bits per heavy atom. The number of nitrogens with zero attached hydrogens (tertiary/aromatic N) is 2. The number of aromatic nitrogens is 2. The van der Waals surface area contributed by atoms with Crippen LogP contribution in [0.2, 0.25) is 0 Å². The van der Waals surface area contributed by atoms with Crippen LogP contribution in [0.15, 0.2) is 49.5 Å². The van der Waals surface area contributed by atoms with Crippen molar-refractivity contribution in [3.8, 4) is 10.8 Å². The molecular weight excluding hydrogens is 449 g/mol. The number of rotatable bonds is 6. The van der Waals surface area contributed by atoms with Crippen molar-refractivity contribution >= 4 is 49.0 Å². The van der Waals surface area contributed by atoms with Gasteiger partial charge in [0.05, 0.1) is 19.3 Å². The molecule has 1 amide bonds. The van der Waals surface area contributed by atoms with Crippen molar-refractivity contribution in [2.45, 2.75) is 11.3 Å². The number of sulfone groups is 1. The Bertz CT molecular complexity index is 1030. The van der Waals surface area contributed by atoms with E-state index in [9.17, 15) is 17.6 Å². The molecule has 0 bridgehead atoms. The molecule has 0 saturated heterocycles. The molecule has 0 aliphatic heterocycles. The molecule has 7 nitrogen and oxygen atoms in total. The van der Waals surface area contributed by atoms with E-state index in [4.69, 9.17) is 4.42 Å². The molecule has 0 aliphatic carbocycles. The number of anilines is 1. The van der Waals surface area contributed by atoms with E-state index in [0.29, 0.717) is 0 Å². The predicted molar refractivity (Wildman–Crippen MR) is 97.0 cm³/mol. The molecule has 2 heterocycles. The van der Waals surface area contributed by atoms with Crippen LogP contribution < -0.4 is 5.32 Å². The molecule has 136 valence electrons. The van der Waals surface area contributed by atoms with Crippen LogP contribution in [0.1, 0.15) is 6.42 Å². The Kier molecular flexibility index (Phi) is 5.49. The van der Waals surface area contributed by atoms with Gasteiger partial charge in [0.25, 0.3) is 5.89 Å². The van der Waals surface area contributed by atoms with Crippen molar-refractivity contribution in [2.75, 3.05) is 11.1 Å². The zero-order chi connectivity index (χ0) is 18.7. The average molecular weight is 460 g/mol. The molecule has 0 unspecified atom stereocenters. The normalized spacial score (nSPS) is 11.5. The minimum Gasteiger partial charge on any atom is -0.402 e. The van der Waals surface area contributed by atoms with Gasteiger partial charge in [-0.3, -0.25) is 10.1 Å². The molecular formula is C15H11BrFN3O4S2.